The lowest BCUT2D eigenvalue weighted by Crippen LogP contribution is -2.39. The third-order valence-electron chi connectivity index (χ3n) is 3.78. The van der Waals surface area contributed by atoms with Crippen LogP contribution in [0.2, 0.25) is 10.0 Å². The molecule has 0 heterocycles. The Hall–Kier alpha value is -0.280. The van der Waals surface area contributed by atoms with Gasteiger partial charge >= 0.3 is 0 Å². The molecule has 0 aliphatic heterocycles. The third-order valence-corrected chi connectivity index (χ3v) is 4.48. The van der Waals surface area contributed by atoms with Crippen molar-refractivity contribution in [1.82, 2.24) is 5.43 Å². The van der Waals surface area contributed by atoms with Crippen molar-refractivity contribution in [3.63, 3.8) is 0 Å². The Morgan fingerprint density at radius 1 is 1.41 bits per heavy atom. The first-order valence-electron chi connectivity index (χ1n) is 5.84. The van der Waals surface area contributed by atoms with Crippen molar-refractivity contribution < 1.29 is 0 Å². The molecule has 0 spiro atoms. The van der Waals surface area contributed by atoms with Crippen molar-refractivity contribution in [3.05, 3.63) is 33.8 Å². The fourth-order valence-corrected chi connectivity index (χ4v) is 3.01. The van der Waals surface area contributed by atoms with E-state index in [-0.39, 0.29) is 6.04 Å². The molecule has 2 rings (SSSR count). The van der Waals surface area contributed by atoms with E-state index in [1.165, 1.54) is 6.42 Å². The molecule has 17 heavy (non-hydrogen) atoms. The van der Waals surface area contributed by atoms with Crippen LogP contribution in [0, 0.1) is 11.3 Å². The second-order valence-electron chi connectivity index (χ2n) is 5.48. The van der Waals surface area contributed by atoms with Crippen molar-refractivity contribution in [3.8, 4) is 0 Å². The lowest BCUT2D eigenvalue weighted by Gasteiger charge is -2.19. The number of nitrogens with two attached hydrogens (primary N) is 1. The predicted molar refractivity (Wildman–Crippen MR) is 73.2 cm³/mol. The Morgan fingerprint density at radius 3 is 2.35 bits per heavy atom. The van der Waals surface area contributed by atoms with E-state index in [2.05, 4.69) is 19.3 Å². The molecule has 1 aromatic rings. The van der Waals surface area contributed by atoms with Gasteiger partial charge in [0.15, 0.2) is 0 Å². The number of halogens is 2. The smallest absolute Gasteiger partial charge is 0.0453 e. The highest BCUT2D eigenvalue weighted by Gasteiger charge is 2.49. The van der Waals surface area contributed by atoms with Crippen LogP contribution in [0.1, 0.15) is 25.8 Å². The minimum absolute atomic E-state index is 0.238. The van der Waals surface area contributed by atoms with Crippen LogP contribution in [0.3, 0.4) is 0 Å². The Bertz CT molecular complexity index is 398. The summed E-state index contributed by atoms with van der Waals surface area (Å²) in [5.41, 5.74) is 4.27. The highest BCUT2D eigenvalue weighted by Crippen LogP contribution is 2.54. The first-order valence-corrected chi connectivity index (χ1v) is 6.60. The van der Waals surface area contributed by atoms with Crippen molar-refractivity contribution in [1.29, 1.82) is 0 Å². The van der Waals surface area contributed by atoms with E-state index >= 15 is 0 Å². The predicted octanol–water partition coefficient (Wildman–Crippen LogP) is 3.41. The van der Waals surface area contributed by atoms with E-state index in [0.717, 1.165) is 22.0 Å². The van der Waals surface area contributed by atoms with Crippen LogP contribution in [0.5, 0.6) is 0 Å². The molecule has 1 aromatic carbocycles. The van der Waals surface area contributed by atoms with Gasteiger partial charge in [0.05, 0.1) is 0 Å². The quantitative estimate of drug-likeness (QED) is 0.651. The molecule has 94 valence electrons. The minimum Gasteiger partial charge on any atom is -0.271 e. The summed E-state index contributed by atoms with van der Waals surface area (Å²) >= 11 is 12.3. The largest absolute Gasteiger partial charge is 0.271 e. The van der Waals surface area contributed by atoms with Crippen LogP contribution in [0.25, 0.3) is 0 Å². The number of hydrogen-bond acceptors (Lipinski definition) is 2. The van der Waals surface area contributed by atoms with Gasteiger partial charge < -0.3 is 0 Å². The highest BCUT2D eigenvalue weighted by atomic mass is 35.5. The summed E-state index contributed by atoms with van der Waals surface area (Å²) in [4.78, 5) is 0. The molecule has 2 atom stereocenters. The molecule has 0 amide bonds. The Morgan fingerprint density at radius 2 is 1.94 bits per heavy atom. The van der Waals surface area contributed by atoms with Crippen LogP contribution < -0.4 is 11.3 Å². The van der Waals surface area contributed by atoms with Crippen LogP contribution in [-0.2, 0) is 6.42 Å². The fraction of sp³-hybridized carbons (Fsp3) is 0.538. The topological polar surface area (TPSA) is 38.0 Å². The molecule has 2 unspecified atom stereocenters. The minimum atomic E-state index is 0.238. The average Bonchev–Trinajstić information content (AvgIpc) is 2.87. The number of hydrazine groups is 1. The second-order valence-corrected chi connectivity index (χ2v) is 6.29. The molecular formula is C13H18Cl2N2. The monoisotopic (exact) mass is 272 g/mol. The zero-order valence-electron chi connectivity index (χ0n) is 10.1. The molecule has 1 saturated carbocycles. The maximum Gasteiger partial charge on any atom is 0.0453 e. The van der Waals surface area contributed by atoms with Crippen LogP contribution >= 0.6 is 23.2 Å². The lowest BCUT2D eigenvalue weighted by atomic mass is 9.98. The molecule has 1 aliphatic rings. The second kappa shape index (κ2) is 4.77. The van der Waals surface area contributed by atoms with Crippen molar-refractivity contribution in [2.24, 2.45) is 17.2 Å². The van der Waals surface area contributed by atoms with Gasteiger partial charge in [0, 0.05) is 16.1 Å². The zero-order valence-corrected chi connectivity index (χ0v) is 11.6. The molecule has 0 saturated heterocycles. The fourth-order valence-electron chi connectivity index (χ4n) is 2.46. The summed E-state index contributed by atoms with van der Waals surface area (Å²) in [6.07, 6.45) is 1.98. The molecule has 4 heteroatoms. The maximum atomic E-state index is 6.17. The standard InChI is InChI=1S/C13H18Cl2N2/c1-13(2)7-9(13)12(17-16)6-8-10(14)4-3-5-11(8)15/h3-5,9,12,17H,6-7,16H2,1-2H3. The summed E-state index contributed by atoms with van der Waals surface area (Å²) in [5, 5.41) is 1.44. The summed E-state index contributed by atoms with van der Waals surface area (Å²) in [5.74, 6) is 6.24. The summed E-state index contributed by atoms with van der Waals surface area (Å²) < 4.78 is 0. The van der Waals surface area contributed by atoms with Gasteiger partial charge in [0.2, 0.25) is 0 Å². The molecule has 1 aliphatic carbocycles. The van der Waals surface area contributed by atoms with Gasteiger partial charge in [-0.1, -0.05) is 43.1 Å². The molecule has 2 nitrogen and oxygen atoms in total. The molecular weight excluding hydrogens is 255 g/mol. The summed E-state index contributed by atoms with van der Waals surface area (Å²) in [7, 11) is 0. The first kappa shape index (κ1) is 13.2. The lowest BCUT2D eigenvalue weighted by molar-refractivity contribution is 0.409. The van der Waals surface area contributed by atoms with E-state index in [1.54, 1.807) is 0 Å². The van der Waals surface area contributed by atoms with Crippen LogP contribution in [-0.4, -0.2) is 6.04 Å². The maximum absolute atomic E-state index is 6.17. The van der Waals surface area contributed by atoms with E-state index in [0.29, 0.717) is 11.3 Å². The van der Waals surface area contributed by atoms with Crippen molar-refractivity contribution in [2.45, 2.75) is 32.7 Å². The van der Waals surface area contributed by atoms with Gasteiger partial charge in [-0.15, -0.1) is 0 Å². The van der Waals surface area contributed by atoms with E-state index in [4.69, 9.17) is 29.0 Å². The normalized spacial score (nSPS) is 23.5. The first-order chi connectivity index (χ1) is 7.95. The number of rotatable bonds is 4. The number of benzene rings is 1. The molecule has 3 N–H and O–H groups in total. The average molecular weight is 273 g/mol. The van der Waals surface area contributed by atoms with Gasteiger partial charge in [-0.2, -0.15) is 0 Å². The number of nitrogens with one attached hydrogen (secondary N) is 1. The van der Waals surface area contributed by atoms with E-state index in [1.807, 2.05) is 18.2 Å². The summed E-state index contributed by atoms with van der Waals surface area (Å²) in [6, 6.07) is 5.84. The van der Waals surface area contributed by atoms with E-state index in [9.17, 15) is 0 Å². The molecule has 0 radical (unpaired) electrons. The Balaban J connectivity index is 2.14. The molecule has 0 aromatic heterocycles. The molecule has 1 fully saturated rings. The number of hydrogen-bond donors (Lipinski definition) is 2. The third kappa shape index (κ3) is 2.76. The highest BCUT2D eigenvalue weighted by molar-refractivity contribution is 6.36. The molecule has 0 bridgehead atoms. The zero-order chi connectivity index (χ0) is 12.6. The van der Waals surface area contributed by atoms with Crippen LogP contribution in [0.4, 0.5) is 0 Å². The van der Waals surface area contributed by atoms with Gasteiger partial charge in [-0.25, -0.2) is 0 Å². The van der Waals surface area contributed by atoms with Crippen molar-refractivity contribution in [2.75, 3.05) is 0 Å². The van der Waals surface area contributed by atoms with Crippen molar-refractivity contribution >= 4 is 23.2 Å². The van der Waals surface area contributed by atoms with Gasteiger partial charge in [0.25, 0.3) is 0 Å². The Labute approximate surface area is 112 Å². The summed E-state index contributed by atoms with van der Waals surface area (Å²) in [6.45, 7) is 4.52. The Kier molecular flexibility index (Phi) is 3.69. The van der Waals surface area contributed by atoms with Crippen LogP contribution in [0.15, 0.2) is 18.2 Å². The van der Waals surface area contributed by atoms with Gasteiger partial charge in [0.1, 0.15) is 0 Å². The van der Waals surface area contributed by atoms with E-state index < -0.39 is 0 Å². The van der Waals surface area contributed by atoms with Gasteiger partial charge in [-0.05, 0) is 41.9 Å². The SMILES string of the molecule is CC1(C)CC1C(Cc1c(Cl)cccc1Cl)NN. The van der Waals surface area contributed by atoms with Gasteiger partial charge in [-0.3, -0.25) is 11.3 Å².